The summed E-state index contributed by atoms with van der Waals surface area (Å²) in [7, 11) is 0. The van der Waals surface area contributed by atoms with E-state index < -0.39 is 0 Å². The van der Waals surface area contributed by atoms with Crippen LogP contribution in [-0.4, -0.2) is 20.1 Å². The van der Waals surface area contributed by atoms with Crippen molar-refractivity contribution in [3.63, 3.8) is 0 Å². The summed E-state index contributed by atoms with van der Waals surface area (Å²) < 4.78 is 0. The van der Waals surface area contributed by atoms with Crippen LogP contribution in [0.4, 0.5) is 0 Å². The predicted molar refractivity (Wildman–Crippen MR) is 85.4 cm³/mol. The van der Waals surface area contributed by atoms with Gasteiger partial charge in [-0.1, -0.05) is 46.0 Å². The molecule has 21 heavy (non-hydrogen) atoms. The molecular weight excluding hydrogens is 262 g/mol. The van der Waals surface area contributed by atoms with Gasteiger partial charge < -0.3 is 5.11 Å². The van der Waals surface area contributed by atoms with Gasteiger partial charge in [-0.3, -0.25) is 4.98 Å². The van der Waals surface area contributed by atoms with Crippen molar-refractivity contribution >= 4 is 10.9 Å². The highest BCUT2D eigenvalue weighted by atomic mass is 16.3. The number of nitrogens with zero attached hydrogens (tertiary/aromatic N) is 3. The summed E-state index contributed by atoms with van der Waals surface area (Å²) in [4.78, 5) is 13.0. The molecular formula is C17H25N3O. The summed E-state index contributed by atoms with van der Waals surface area (Å²) in [5.41, 5.74) is 0.726. The van der Waals surface area contributed by atoms with Crippen LogP contribution in [0.25, 0.3) is 10.9 Å². The third kappa shape index (κ3) is 4.13. The number of aromatic nitrogens is 3. The van der Waals surface area contributed by atoms with Crippen LogP contribution in [0, 0.1) is 0 Å². The molecule has 0 spiro atoms. The monoisotopic (exact) mass is 287 g/mol. The van der Waals surface area contributed by atoms with Gasteiger partial charge in [-0.05, 0) is 12.8 Å². The minimum Gasteiger partial charge on any atom is -0.506 e. The molecule has 0 saturated heterocycles. The molecule has 4 heteroatoms. The van der Waals surface area contributed by atoms with E-state index in [0.717, 1.165) is 24.2 Å². The molecule has 0 saturated carbocycles. The number of fused-ring (bicyclic) bond motifs is 1. The Hall–Kier alpha value is -1.71. The largest absolute Gasteiger partial charge is 0.506 e. The van der Waals surface area contributed by atoms with Gasteiger partial charge in [0.05, 0.1) is 23.3 Å². The normalized spacial score (nSPS) is 12.7. The lowest BCUT2D eigenvalue weighted by atomic mass is 9.97. The molecule has 4 nitrogen and oxygen atoms in total. The molecule has 0 fully saturated rings. The van der Waals surface area contributed by atoms with Crippen molar-refractivity contribution in [2.24, 2.45) is 0 Å². The van der Waals surface area contributed by atoms with Gasteiger partial charge in [0.25, 0.3) is 0 Å². The highest BCUT2D eigenvalue weighted by Gasteiger charge is 2.13. The van der Waals surface area contributed by atoms with Crippen molar-refractivity contribution in [1.29, 1.82) is 0 Å². The SMILES string of the molecule is CCCCCCCC(CC)c1ncc2c(O)cncc2n1. The number of hydrogen-bond acceptors (Lipinski definition) is 4. The van der Waals surface area contributed by atoms with Gasteiger partial charge in [-0.15, -0.1) is 0 Å². The maximum absolute atomic E-state index is 9.74. The van der Waals surface area contributed by atoms with Crippen LogP contribution in [0.15, 0.2) is 18.6 Å². The molecule has 2 rings (SSSR count). The summed E-state index contributed by atoms with van der Waals surface area (Å²) in [6.45, 7) is 4.42. The van der Waals surface area contributed by atoms with Crippen molar-refractivity contribution in [2.75, 3.05) is 0 Å². The Kier molecular flexibility index (Phi) is 5.90. The summed E-state index contributed by atoms with van der Waals surface area (Å²) in [6.07, 6.45) is 13.5. The molecule has 1 atom stereocenters. The van der Waals surface area contributed by atoms with E-state index in [1.165, 1.54) is 38.3 Å². The van der Waals surface area contributed by atoms with Gasteiger partial charge in [0.1, 0.15) is 11.6 Å². The molecule has 2 aromatic rings. The number of hydrogen-bond donors (Lipinski definition) is 1. The number of pyridine rings is 1. The fraction of sp³-hybridized carbons (Fsp3) is 0.588. The fourth-order valence-electron chi connectivity index (χ4n) is 2.66. The molecule has 2 aromatic heterocycles. The Morgan fingerprint density at radius 3 is 2.62 bits per heavy atom. The second-order valence-corrected chi connectivity index (χ2v) is 5.63. The van der Waals surface area contributed by atoms with Crippen LogP contribution in [0.1, 0.15) is 70.5 Å². The minimum atomic E-state index is 0.145. The lowest BCUT2D eigenvalue weighted by molar-refractivity contribution is 0.478. The standard InChI is InChI=1S/C17H25N3O/c1-3-5-6-7-8-9-13(4-2)17-19-10-14-15(20-17)11-18-12-16(14)21/h10-13,21H,3-9H2,1-2H3. The quantitative estimate of drug-likeness (QED) is 0.722. The molecule has 0 aliphatic carbocycles. The van der Waals surface area contributed by atoms with E-state index in [2.05, 4.69) is 28.8 Å². The molecule has 2 heterocycles. The van der Waals surface area contributed by atoms with E-state index in [-0.39, 0.29) is 5.75 Å². The van der Waals surface area contributed by atoms with Crippen molar-refractivity contribution in [3.05, 3.63) is 24.4 Å². The summed E-state index contributed by atoms with van der Waals surface area (Å²) in [5.74, 6) is 1.43. The fourth-order valence-corrected chi connectivity index (χ4v) is 2.66. The van der Waals surface area contributed by atoms with Crippen LogP contribution in [0.2, 0.25) is 0 Å². The van der Waals surface area contributed by atoms with Crippen molar-refractivity contribution in [2.45, 2.75) is 64.7 Å². The first-order valence-corrected chi connectivity index (χ1v) is 8.05. The highest BCUT2D eigenvalue weighted by molar-refractivity contribution is 5.82. The Balaban J connectivity index is 2.04. The molecule has 0 bridgehead atoms. The van der Waals surface area contributed by atoms with Crippen molar-refractivity contribution in [1.82, 2.24) is 15.0 Å². The predicted octanol–water partition coefficient (Wildman–Crippen LogP) is 4.58. The molecule has 0 aromatic carbocycles. The van der Waals surface area contributed by atoms with Gasteiger partial charge >= 0.3 is 0 Å². The van der Waals surface area contributed by atoms with E-state index in [9.17, 15) is 5.11 Å². The van der Waals surface area contributed by atoms with Crippen molar-refractivity contribution < 1.29 is 5.11 Å². The van der Waals surface area contributed by atoms with Gasteiger partial charge in [0, 0.05) is 12.1 Å². The second-order valence-electron chi connectivity index (χ2n) is 5.63. The van der Waals surface area contributed by atoms with Crippen LogP contribution in [0.3, 0.4) is 0 Å². The molecule has 0 radical (unpaired) electrons. The topological polar surface area (TPSA) is 58.9 Å². The van der Waals surface area contributed by atoms with E-state index in [4.69, 9.17) is 0 Å². The lowest BCUT2D eigenvalue weighted by Crippen LogP contribution is -2.04. The average molecular weight is 287 g/mol. The summed E-state index contributed by atoms with van der Waals surface area (Å²) >= 11 is 0. The van der Waals surface area contributed by atoms with E-state index in [1.807, 2.05) is 0 Å². The number of rotatable bonds is 8. The highest BCUT2D eigenvalue weighted by Crippen LogP contribution is 2.26. The zero-order valence-electron chi connectivity index (χ0n) is 13.0. The van der Waals surface area contributed by atoms with E-state index >= 15 is 0 Å². The Labute approximate surface area is 126 Å². The zero-order chi connectivity index (χ0) is 15.1. The first kappa shape index (κ1) is 15.7. The Morgan fingerprint density at radius 2 is 1.86 bits per heavy atom. The van der Waals surface area contributed by atoms with Gasteiger partial charge in [0.15, 0.2) is 0 Å². The van der Waals surface area contributed by atoms with Crippen LogP contribution in [-0.2, 0) is 0 Å². The molecule has 0 aliphatic rings. The minimum absolute atomic E-state index is 0.145. The van der Waals surface area contributed by atoms with Crippen molar-refractivity contribution in [3.8, 4) is 5.75 Å². The van der Waals surface area contributed by atoms with Crippen LogP contribution in [0.5, 0.6) is 5.75 Å². The molecule has 1 N–H and O–H groups in total. The summed E-state index contributed by atoms with van der Waals surface area (Å²) in [6, 6.07) is 0. The third-order valence-corrected chi connectivity index (χ3v) is 4.02. The number of aromatic hydroxyl groups is 1. The van der Waals surface area contributed by atoms with E-state index in [0.29, 0.717) is 11.3 Å². The lowest BCUT2D eigenvalue weighted by Gasteiger charge is -2.13. The first-order valence-electron chi connectivity index (χ1n) is 8.05. The maximum atomic E-state index is 9.74. The number of unbranched alkanes of at least 4 members (excludes halogenated alkanes) is 4. The molecule has 0 aliphatic heterocycles. The third-order valence-electron chi connectivity index (χ3n) is 4.02. The van der Waals surface area contributed by atoms with Gasteiger partial charge in [-0.2, -0.15) is 0 Å². The van der Waals surface area contributed by atoms with E-state index in [1.54, 1.807) is 12.4 Å². The smallest absolute Gasteiger partial charge is 0.144 e. The van der Waals surface area contributed by atoms with Gasteiger partial charge in [-0.25, -0.2) is 9.97 Å². The molecule has 114 valence electrons. The zero-order valence-corrected chi connectivity index (χ0v) is 13.0. The summed E-state index contributed by atoms with van der Waals surface area (Å²) in [5, 5.41) is 10.4. The maximum Gasteiger partial charge on any atom is 0.144 e. The van der Waals surface area contributed by atoms with Crippen LogP contribution < -0.4 is 0 Å². The average Bonchev–Trinajstić information content (AvgIpc) is 2.51. The molecule has 0 amide bonds. The van der Waals surface area contributed by atoms with Crippen LogP contribution >= 0.6 is 0 Å². The van der Waals surface area contributed by atoms with Gasteiger partial charge in [0.2, 0.25) is 0 Å². The Morgan fingerprint density at radius 1 is 1.05 bits per heavy atom. The molecule has 1 unspecified atom stereocenters. The first-order chi connectivity index (χ1) is 10.3. The Bertz CT molecular complexity index is 571. The second kappa shape index (κ2) is 7.91.